The van der Waals surface area contributed by atoms with E-state index in [1.54, 1.807) is 0 Å². The van der Waals surface area contributed by atoms with E-state index in [1.165, 1.54) is 18.0 Å². The molecule has 7 heteroatoms. The number of nitrogens with one attached hydrogen (secondary N) is 2. The molecule has 0 bridgehead atoms. The van der Waals surface area contributed by atoms with Crippen molar-refractivity contribution in [2.45, 2.75) is 13.8 Å². The molecular formula is C20H18N4O3. The number of carbonyl (C=O) groups is 1. The monoisotopic (exact) mass is 362 g/mol. The van der Waals surface area contributed by atoms with E-state index in [-0.39, 0.29) is 18.4 Å². The molecule has 1 aliphatic heterocycles. The lowest BCUT2D eigenvalue weighted by Crippen LogP contribution is -2.14. The molecule has 7 nitrogen and oxygen atoms in total. The van der Waals surface area contributed by atoms with E-state index in [2.05, 4.69) is 20.6 Å². The zero-order valence-electron chi connectivity index (χ0n) is 14.9. The largest absolute Gasteiger partial charge is 0.454 e. The van der Waals surface area contributed by atoms with E-state index in [1.807, 2.05) is 50.2 Å². The lowest BCUT2D eigenvalue weighted by atomic mass is 10.1. The Balaban J connectivity index is 1.43. The number of aryl methyl sites for hydroxylation is 2. The second kappa shape index (κ2) is 6.95. The van der Waals surface area contributed by atoms with E-state index in [4.69, 9.17) is 9.47 Å². The highest BCUT2D eigenvalue weighted by Gasteiger charge is 2.14. The third kappa shape index (κ3) is 3.67. The van der Waals surface area contributed by atoms with Crippen molar-refractivity contribution < 1.29 is 14.3 Å². The Hall–Kier alpha value is -3.61. The van der Waals surface area contributed by atoms with E-state index < -0.39 is 0 Å². The fraction of sp³-hybridized carbons (Fsp3) is 0.150. The predicted octanol–water partition coefficient (Wildman–Crippen LogP) is 3.82. The summed E-state index contributed by atoms with van der Waals surface area (Å²) in [6, 6.07) is 11.3. The highest BCUT2D eigenvalue weighted by Crippen LogP contribution is 2.34. The van der Waals surface area contributed by atoms with Gasteiger partial charge in [-0.05, 0) is 49.2 Å². The van der Waals surface area contributed by atoms with Crippen LogP contribution in [0.2, 0.25) is 0 Å². The van der Waals surface area contributed by atoms with Crippen molar-refractivity contribution >= 4 is 23.1 Å². The molecule has 1 amide bonds. The Morgan fingerprint density at radius 1 is 0.926 bits per heavy atom. The van der Waals surface area contributed by atoms with E-state index in [0.717, 1.165) is 16.9 Å². The second-order valence-corrected chi connectivity index (χ2v) is 6.23. The number of aromatic nitrogens is 2. The van der Waals surface area contributed by atoms with Gasteiger partial charge in [-0.2, -0.15) is 0 Å². The number of carbonyl (C=O) groups excluding carboxylic acids is 1. The molecule has 0 unspecified atom stereocenters. The van der Waals surface area contributed by atoms with Crippen molar-refractivity contribution in [2.75, 3.05) is 17.4 Å². The number of anilines is 3. The van der Waals surface area contributed by atoms with Crippen LogP contribution in [0.5, 0.6) is 11.5 Å². The van der Waals surface area contributed by atoms with Crippen LogP contribution in [0.1, 0.15) is 21.6 Å². The van der Waals surface area contributed by atoms with Crippen molar-refractivity contribution in [3.05, 3.63) is 65.6 Å². The zero-order valence-corrected chi connectivity index (χ0v) is 14.9. The maximum atomic E-state index is 12.3. The molecule has 0 saturated heterocycles. The zero-order chi connectivity index (χ0) is 18.8. The first kappa shape index (κ1) is 16.8. The van der Waals surface area contributed by atoms with Crippen LogP contribution in [0, 0.1) is 13.8 Å². The van der Waals surface area contributed by atoms with Gasteiger partial charge in [0.05, 0.1) is 12.4 Å². The summed E-state index contributed by atoms with van der Waals surface area (Å²) in [5.74, 6) is 1.61. The van der Waals surface area contributed by atoms with E-state index in [0.29, 0.717) is 17.3 Å². The third-order valence-corrected chi connectivity index (χ3v) is 4.29. The summed E-state index contributed by atoms with van der Waals surface area (Å²) in [5.41, 5.74) is 4.05. The molecule has 27 heavy (non-hydrogen) atoms. The SMILES string of the molecule is Cc1ccc(NC(=O)c2cnc(Nc3ccc4c(c3)OCO4)cn2)cc1C. The van der Waals surface area contributed by atoms with Crippen molar-refractivity contribution in [1.82, 2.24) is 9.97 Å². The topological polar surface area (TPSA) is 85.4 Å². The summed E-state index contributed by atoms with van der Waals surface area (Å²) < 4.78 is 10.6. The smallest absolute Gasteiger partial charge is 0.275 e. The van der Waals surface area contributed by atoms with Gasteiger partial charge < -0.3 is 20.1 Å². The molecule has 0 fully saturated rings. The quantitative estimate of drug-likeness (QED) is 0.734. The maximum Gasteiger partial charge on any atom is 0.275 e. The van der Waals surface area contributed by atoms with Gasteiger partial charge in [-0.25, -0.2) is 9.97 Å². The highest BCUT2D eigenvalue weighted by molar-refractivity contribution is 6.02. The average Bonchev–Trinajstić information content (AvgIpc) is 3.13. The number of hydrogen-bond acceptors (Lipinski definition) is 6. The van der Waals surface area contributed by atoms with Gasteiger partial charge in [0.1, 0.15) is 11.5 Å². The van der Waals surface area contributed by atoms with Crippen LogP contribution in [-0.2, 0) is 0 Å². The van der Waals surface area contributed by atoms with Gasteiger partial charge >= 0.3 is 0 Å². The minimum atomic E-state index is -0.305. The summed E-state index contributed by atoms with van der Waals surface area (Å²) in [5, 5.41) is 5.95. The van der Waals surface area contributed by atoms with Crippen molar-refractivity contribution in [3.63, 3.8) is 0 Å². The van der Waals surface area contributed by atoms with Gasteiger partial charge in [0.2, 0.25) is 6.79 Å². The lowest BCUT2D eigenvalue weighted by Gasteiger charge is -2.08. The number of ether oxygens (including phenoxy) is 2. The van der Waals surface area contributed by atoms with E-state index >= 15 is 0 Å². The van der Waals surface area contributed by atoms with Crippen LogP contribution < -0.4 is 20.1 Å². The number of fused-ring (bicyclic) bond motifs is 1. The molecule has 2 aromatic carbocycles. The molecule has 0 radical (unpaired) electrons. The minimum Gasteiger partial charge on any atom is -0.454 e. The van der Waals surface area contributed by atoms with E-state index in [9.17, 15) is 4.79 Å². The standard InChI is InChI=1S/C20H18N4O3/c1-12-3-4-14(7-13(12)2)24-20(25)16-9-22-19(10-21-16)23-15-5-6-17-18(8-15)27-11-26-17/h3-10H,11H2,1-2H3,(H,22,23)(H,24,25). The molecule has 136 valence electrons. The Morgan fingerprint density at radius 2 is 1.74 bits per heavy atom. The van der Waals surface area contributed by atoms with Crippen LogP contribution in [0.4, 0.5) is 17.2 Å². The van der Waals surface area contributed by atoms with Gasteiger partial charge in [0.25, 0.3) is 5.91 Å². The summed E-state index contributed by atoms with van der Waals surface area (Å²) in [6.45, 7) is 4.25. The number of benzene rings is 2. The molecule has 0 atom stereocenters. The highest BCUT2D eigenvalue weighted by atomic mass is 16.7. The fourth-order valence-corrected chi connectivity index (χ4v) is 2.65. The van der Waals surface area contributed by atoms with Crippen LogP contribution in [0.15, 0.2) is 48.8 Å². The Kier molecular flexibility index (Phi) is 4.33. The Labute approximate surface area is 156 Å². The molecule has 1 aromatic heterocycles. The maximum absolute atomic E-state index is 12.3. The number of amides is 1. The first-order valence-corrected chi connectivity index (χ1v) is 8.46. The number of hydrogen-bond donors (Lipinski definition) is 2. The van der Waals surface area contributed by atoms with Crippen LogP contribution >= 0.6 is 0 Å². The summed E-state index contributed by atoms with van der Waals surface area (Å²) in [7, 11) is 0. The number of nitrogens with zero attached hydrogens (tertiary/aromatic N) is 2. The Bertz CT molecular complexity index is 1000. The fourth-order valence-electron chi connectivity index (χ4n) is 2.65. The lowest BCUT2D eigenvalue weighted by molar-refractivity contribution is 0.102. The molecule has 0 spiro atoms. The molecule has 1 aliphatic rings. The molecule has 3 aromatic rings. The van der Waals surface area contributed by atoms with Crippen LogP contribution in [0.3, 0.4) is 0 Å². The van der Waals surface area contributed by atoms with Crippen LogP contribution in [-0.4, -0.2) is 22.7 Å². The van der Waals surface area contributed by atoms with Crippen molar-refractivity contribution in [1.29, 1.82) is 0 Å². The van der Waals surface area contributed by atoms with Gasteiger partial charge in [-0.1, -0.05) is 6.07 Å². The van der Waals surface area contributed by atoms with Crippen molar-refractivity contribution in [2.24, 2.45) is 0 Å². The average molecular weight is 362 g/mol. The summed E-state index contributed by atoms with van der Waals surface area (Å²) >= 11 is 0. The molecule has 0 saturated carbocycles. The van der Waals surface area contributed by atoms with Gasteiger partial charge in [-0.15, -0.1) is 0 Å². The Morgan fingerprint density at radius 3 is 2.52 bits per heavy atom. The summed E-state index contributed by atoms with van der Waals surface area (Å²) in [6.07, 6.45) is 2.95. The first-order chi connectivity index (χ1) is 13.1. The molecule has 0 aliphatic carbocycles. The molecule has 2 heterocycles. The van der Waals surface area contributed by atoms with Crippen LogP contribution in [0.25, 0.3) is 0 Å². The predicted molar refractivity (Wildman–Crippen MR) is 102 cm³/mol. The number of rotatable bonds is 4. The molecule has 4 rings (SSSR count). The third-order valence-electron chi connectivity index (χ3n) is 4.29. The first-order valence-electron chi connectivity index (χ1n) is 8.46. The van der Waals surface area contributed by atoms with Crippen molar-refractivity contribution in [3.8, 4) is 11.5 Å². The minimum absolute atomic E-state index is 0.225. The molecule has 2 N–H and O–H groups in total. The normalized spacial score (nSPS) is 11.9. The van der Waals surface area contributed by atoms with Gasteiger partial charge in [0, 0.05) is 17.4 Å². The van der Waals surface area contributed by atoms with Gasteiger partial charge in [-0.3, -0.25) is 4.79 Å². The summed E-state index contributed by atoms with van der Waals surface area (Å²) in [4.78, 5) is 20.8. The van der Waals surface area contributed by atoms with Gasteiger partial charge in [0.15, 0.2) is 11.5 Å². The molecular weight excluding hydrogens is 344 g/mol. The second-order valence-electron chi connectivity index (χ2n) is 6.23.